The topological polar surface area (TPSA) is 78.5 Å². The standard InChI is InChI=1S/C19H31N3O3S/c1-3-5-13-26(24,25)22-11-9-17(10-12-22)19(23)21-18-8-6-7-16(14-18)15-20-4-2/h6-8,14,17,20H,3-5,9-13,15H2,1-2H3,(H,21,23). The number of hydrogen-bond donors (Lipinski definition) is 2. The van der Waals surface area contributed by atoms with Crippen molar-refractivity contribution in [3.05, 3.63) is 29.8 Å². The highest BCUT2D eigenvalue weighted by Crippen LogP contribution is 2.22. The zero-order chi connectivity index (χ0) is 19.0. The first-order valence-corrected chi connectivity index (χ1v) is 11.2. The van der Waals surface area contributed by atoms with Crippen LogP contribution in [0, 0.1) is 5.92 Å². The SMILES string of the molecule is CCCCS(=O)(=O)N1CCC(C(=O)Nc2cccc(CNCC)c2)CC1. The maximum absolute atomic E-state index is 12.5. The smallest absolute Gasteiger partial charge is 0.227 e. The van der Waals surface area contributed by atoms with Crippen molar-refractivity contribution in [3.8, 4) is 0 Å². The molecule has 0 unspecified atom stereocenters. The Morgan fingerprint density at radius 2 is 1.96 bits per heavy atom. The number of benzene rings is 1. The van der Waals surface area contributed by atoms with Crippen molar-refractivity contribution in [1.29, 1.82) is 0 Å². The van der Waals surface area contributed by atoms with Gasteiger partial charge in [-0.3, -0.25) is 4.79 Å². The molecule has 6 nitrogen and oxygen atoms in total. The highest BCUT2D eigenvalue weighted by molar-refractivity contribution is 7.89. The highest BCUT2D eigenvalue weighted by atomic mass is 32.2. The molecule has 0 atom stereocenters. The van der Waals surface area contributed by atoms with Gasteiger partial charge in [0.25, 0.3) is 0 Å². The Morgan fingerprint density at radius 1 is 1.23 bits per heavy atom. The molecule has 0 bridgehead atoms. The van der Waals surface area contributed by atoms with E-state index >= 15 is 0 Å². The third-order valence-corrected chi connectivity index (χ3v) is 6.70. The number of piperidine rings is 1. The molecule has 1 fully saturated rings. The van der Waals surface area contributed by atoms with Crippen LogP contribution in [0.5, 0.6) is 0 Å². The number of unbranched alkanes of at least 4 members (excludes halogenated alkanes) is 1. The lowest BCUT2D eigenvalue weighted by atomic mass is 9.97. The van der Waals surface area contributed by atoms with Gasteiger partial charge in [-0.25, -0.2) is 12.7 Å². The van der Waals surface area contributed by atoms with Crippen LogP contribution in [0.1, 0.15) is 45.1 Å². The number of sulfonamides is 1. The molecule has 1 aliphatic heterocycles. The number of nitrogens with one attached hydrogen (secondary N) is 2. The van der Waals surface area contributed by atoms with Crippen LogP contribution in [0.25, 0.3) is 0 Å². The molecular weight excluding hydrogens is 350 g/mol. The van der Waals surface area contributed by atoms with E-state index in [1.165, 1.54) is 0 Å². The molecule has 1 heterocycles. The molecule has 1 saturated heterocycles. The van der Waals surface area contributed by atoms with Gasteiger partial charge in [0.2, 0.25) is 15.9 Å². The summed E-state index contributed by atoms with van der Waals surface area (Å²) >= 11 is 0. The molecule has 0 spiro atoms. The quantitative estimate of drug-likeness (QED) is 0.689. The summed E-state index contributed by atoms with van der Waals surface area (Å²) in [7, 11) is -3.17. The Balaban J connectivity index is 1.87. The number of amides is 1. The normalized spacial score (nSPS) is 16.5. The van der Waals surface area contributed by atoms with Crippen molar-refractivity contribution < 1.29 is 13.2 Å². The Kier molecular flexibility index (Phi) is 8.06. The second kappa shape index (κ2) is 10.0. The predicted molar refractivity (Wildman–Crippen MR) is 105 cm³/mol. The van der Waals surface area contributed by atoms with Crippen LogP contribution in [0.15, 0.2) is 24.3 Å². The summed E-state index contributed by atoms with van der Waals surface area (Å²) in [6.45, 7) is 6.58. The largest absolute Gasteiger partial charge is 0.326 e. The Morgan fingerprint density at radius 3 is 2.62 bits per heavy atom. The van der Waals surface area contributed by atoms with E-state index in [0.717, 1.165) is 30.8 Å². The van der Waals surface area contributed by atoms with E-state index in [1.54, 1.807) is 4.31 Å². The van der Waals surface area contributed by atoms with Gasteiger partial charge in [-0.05, 0) is 43.5 Å². The maximum Gasteiger partial charge on any atom is 0.227 e. The number of anilines is 1. The number of rotatable bonds is 9. The maximum atomic E-state index is 12.5. The Bertz CT molecular complexity index is 683. The number of carbonyl (C=O) groups is 1. The number of carbonyl (C=O) groups excluding carboxylic acids is 1. The van der Waals surface area contributed by atoms with E-state index in [4.69, 9.17) is 0 Å². The average molecular weight is 382 g/mol. The molecule has 0 aromatic heterocycles. The minimum Gasteiger partial charge on any atom is -0.326 e. The van der Waals surface area contributed by atoms with E-state index in [2.05, 4.69) is 17.6 Å². The van der Waals surface area contributed by atoms with Crippen molar-refractivity contribution in [3.63, 3.8) is 0 Å². The van der Waals surface area contributed by atoms with Gasteiger partial charge in [0.15, 0.2) is 0 Å². The van der Waals surface area contributed by atoms with E-state index in [-0.39, 0.29) is 17.6 Å². The molecule has 0 saturated carbocycles. The fraction of sp³-hybridized carbons (Fsp3) is 0.632. The van der Waals surface area contributed by atoms with Gasteiger partial charge >= 0.3 is 0 Å². The Hall–Kier alpha value is -1.44. The fourth-order valence-electron chi connectivity index (χ4n) is 3.12. The van der Waals surface area contributed by atoms with E-state index in [0.29, 0.717) is 32.4 Å². The molecular formula is C19H31N3O3S. The van der Waals surface area contributed by atoms with Gasteiger partial charge in [-0.2, -0.15) is 0 Å². The van der Waals surface area contributed by atoms with Crippen LogP contribution in [-0.2, 0) is 21.4 Å². The van der Waals surface area contributed by atoms with Crippen molar-refractivity contribution in [1.82, 2.24) is 9.62 Å². The minimum absolute atomic E-state index is 0.0174. The van der Waals surface area contributed by atoms with Crippen LogP contribution >= 0.6 is 0 Å². The summed E-state index contributed by atoms with van der Waals surface area (Å²) in [6, 6.07) is 7.83. The van der Waals surface area contributed by atoms with E-state index < -0.39 is 10.0 Å². The number of hydrogen-bond acceptors (Lipinski definition) is 4. The van der Waals surface area contributed by atoms with Crippen LogP contribution < -0.4 is 10.6 Å². The lowest BCUT2D eigenvalue weighted by Crippen LogP contribution is -2.42. The summed E-state index contributed by atoms with van der Waals surface area (Å²) in [5.74, 6) is 0.0557. The lowest BCUT2D eigenvalue weighted by Gasteiger charge is -2.30. The van der Waals surface area contributed by atoms with Gasteiger partial charge in [0, 0.05) is 31.2 Å². The van der Waals surface area contributed by atoms with Crippen molar-refractivity contribution in [2.45, 2.75) is 46.1 Å². The van der Waals surface area contributed by atoms with Crippen molar-refractivity contribution >= 4 is 21.6 Å². The van der Waals surface area contributed by atoms with Gasteiger partial charge in [0.1, 0.15) is 0 Å². The first-order valence-electron chi connectivity index (χ1n) is 9.54. The number of nitrogens with zero attached hydrogens (tertiary/aromatic N) is 1. The van der Waals surface area contributed by atoms with Crippen LogP contribution in [-0.4, -0.2) is 44.0 Å². The minimum atomic E-state index is -3.17. The monoisotopic (exact) mass is 381 g/mol. The summed E-state index contributed by atoms with van der Waals surface area (Å²) < 4.78 is 26.1. The molecule has 7 heteroatoms. The van der Waals surface area contributed by atoms with Gasteiger partial charge in [-0.15, -0.1) is 0 Å². The van der Waals surface area contributed by atoms with Crippen molar-refractivity contribution in [2.24, 2.45) is 5.92 Å². The molecule has 146 valence electrons. The molecule has 1 amide bonds. The van der Waals surface area contributed by atoms with Gasteiger partial charge in [0.05, 0.1) is 5.75 Å². The molecule has 0 aliphatic carbocycles. The molecule has 2 rings (SSSR count). The zero-order valence-corrected chi connectivity index (χ0v) is 16.6. The summed E-state index contributed by atoms with van der Waals surface area (Å²) in [4.78, 5) is 12.5. The van der Waals surface area contributed by atoms with Crippen LogP contribution in [0.3, 0.4) is 0 Å². The molecule has 2 N–H and O–H groups in total. The third kappa shape index (κ3) is 6.07. The summed E-state index contributed by atoms with van der Waals surface area (Å²) in [5, 5.41) is 6.25. The average Bonchev–Trinajstić information content (AvgIpc) is 2.65. The second-order valence-electron chi connectivity index (χ2n) is 6.81. The lowest BCUT2D eigenvalue weighted by molar-refractivity contribution is -0.120. The predicted octanol–water partition coefficient (Wildman–Crippen LogP) is 2.58. The van der Waals surface area contributed by atoms with Gasteiger partial charge in [-0.1, -0.05) is 32.4 Å². The van der Waals surface area contributed by atoms with Crippen molar-refractivity contribution in [2.75, 3.05) is 30.7 Å². The highest BCUT2D eigenvalue weighted by Gasteiger charge is 2.30. The molecule has 26 heavy (non-hydrogen) atoms. The zero-order valence-electron chi connectivity index (χ0n) is 15.8. The first kappa shape index (κ1) is 20.9. The summed E-state index contributed by atoms with van der Waals surface area (Å²) in [6.07, 6.45) is 2.71. The molecule has 0 radical (unpaired) electrons. The van der Waals surface area contributed by atoms with Gasteiger partial charge < -0.3 is 10.6 Å². The van der Waals surface area contributed by atoms with E-state index in [9.17, 15) is 13.2 Å². The summed E-state index contributed by atoms with van der Waals surface area (Å²) in [5.41, 5.74) is 1.92. The first-order chi connectivity index (χ1) is 12.5. The molecule has 1 aromatic rings. The van der Waals surface area contributed by atoms with Crippen LogP contribution in [0.4, 0.5) is 5.69 Å². The molecule has 1 aromatic carbocycles. The molecule has 1 aliphatic rings. The van der Waals surface area contributed by atoms with E-state index in [1.807, 2.05) is 31.2 Å². The second-order valence-corrected chi connectivity index (χ2v) is 8.90. The Labute approximate surface area is 157 Å². The fourth-order valence-corrected chi connectivity index (χ4v) is 4.80. The third-order valence-electron chi connectivity index (χ3n) is 4.75. The van der Waals surface area contributed by atoms with Crippen LogP contribution in [0.2, 0.25) is 0 Å².